The van der Waals surface area contributed by atoms with Crippen molar-refractivity contribution in [2.45, 2.75) is 33.6 Å². The van der Waals surface area contributed by atoms with E-state index in [4.69, 9.17) is 0 Å². The molecule has 0 spiro atoms. The molecule has 8 heteroatoms. The highest BCUT2D eigenvalue weighted by molar-refractivity contribution is 7.15. The normalized spacial score (nSPS) is 11.1. The second kappa shape index (κ2) is 6.46. The number of nitrogens with zero attached hydrogens (tertiary/aromatic N) is 2. The first-order chi connectivity index (χ1) is 8.93. The van der Waals surface area contributed by atoms with Gasteiger partial charge in [0, 0.05) is 6.54 Å². The van der Waals surface area contributed by atoms with Crippen molar-refractivity contribution in [1.82, 2.24) is 15.5 Å². The molecule has 0 fully saturated rings. The second-order valence-electron chi connectivity index (χ2n) is 4.23. The summed E-state index contributed by atoms with van der Waals surface area (Å²) in [6, 6.07) is -0.469. The van der Waals surface area contributed by atoms with Crippen LogP contribution in [0.1, 0.15) is 31.7 Å². The Morgan fingerprint density at radius 2 is 1.95 bits per heavy atom. The van der Waals surface area contributed by atoms with Crippen molar-refractivity contribution in [2.24, 2.45) is 5.41 Å². The number of rotatable bonds is 6. The first-order valence-corrected chi connectivity index (χ1v) is 6.83. The Balaban J connectivity index is 2.55. The van der Waals surface area contributed by atoms with E-state index in [-0.39, 0.29) is 6.54 Å². The van der Waals surface area contributed by atoms with Gasteiger partial charge in [-0.3, -0.25) is 10.1 Å². The van der Waals surface area contributed by atoms with Crippen LogP contribution in [0.25, 0.3) is 0 Å². The molecule has 0 aromatic carbocycles. The third-order valence-corrected chi connectivity index (χ3v) is 3.90. The summed E-state index contributed by atoms with van der Waals surface area (Å²) in [7, 11) is 0. The monoisotopic (exact) mass is 286 g/mol. The van der Waals surface area contributed by atoms with Crippen molar-refractivity contribution >= 4 is 28.5 Å². The van der Waals surface area contributed by atoms with Crippen molar-refractivity contribution in [1.29, 1.82) is 0 Å². The summed E-state index contributed by atoms with van der Waals surface area (Å²) in [5.41, 5.74) is -0.922. The number of aliphatic carboxylic acids is 1. The fourth-order valence-electron chi connectivity index (χ4n) is 1.62. The zero-order valence-corrected chi connectivity index (χ0v) is 12.0. The zero-order chi connectivity index (χ0) is 14.5. The largest absolute Gasteiger partial charge is 0.481 e. The molecule has 0 aliphatic rings. The summed E-state index contributed by atoms with van der Waals surface area (Å²) in [6.07, 6.45) is 0.911. The predicted molar refractivity (Wildman–Crippen MR) is 72.3 cm³/mol. The lowest BCUT2D eigenvalue weighted by Gasteiger charge is -2.26. The van der Waals surface area contributed by atoms with Gasteiger partial charge < -0.3 is 10.4 Å². The lowest BCUT2D eigenvalue weighted by molar-refractivity contribution is -0.149. The number of nitrogens with one attached hydrogen (secondary N) is 2. The van der Waals surface area contributed by atoms with Crippen LogP contribution in [0.2, 0.25) is 0 Å². The molecule has 3 N–H and O–H groups in total. The van der Waals surface area contributed by atoms with Crippen LogP contribution in [0.3, 0.4) is 0 Å². The zero-order valence-electron chi connectivity index (χ0n) is 11.2. The topological polar surface area (TPSA) is 104 Å². The van der Waals surface area contributed by atoms with E-state index in [9.17, 15) is 14.7 Å². The number of carbonyl (C=O) groups excluding carboxylic acids is 1. The number of anilines is 1. The van der Waals surface area contributed by atoms with Crippen molar-refractivity contribution in [3.63, 3.8) is 0 Å². The fourth-order valence-corrected chi connectivity index (χ4v) is 2.20. The van der Waals surface area contributed by atoms with Gasteiger partial charge in [-0.2, -0.15) is 0 Å². The standard InChI is InChI=1S/C11H18N4O3S/c1-4-11(5-2,8(16)17)6-12-9(18)13-10-15-14-7(3)19-10/h4-6H2,1-3H3,(H,16,17)(H2,12,13,15,18). The smallest absolute Gasteiger partial charge is 0.321 e. The van der Waals surface area contributed by atoms with Gasteiger partial charge in [0.2, 0.25) is 5.13 Å². The Morgan fingerprint density at radius 1 is 1.32 bits per heavy atom. The molecule has 106 valence electrons. The van der Waals surface area contributed by atoms with Gasteiger partial charge in [0.1, 0.15) is 5.01 Å². The SMILES string of the molecule is CCC(CC)(CNC(=O)Nc1nnc(C)s1)C(=O)O. The average molecular weight is 286 g/mol. The highest BCUT2D eigenvalue weighted by Crippen LogP contribution is 2.25. The number of aryl methyl sites for hydroxylation is 1. The Bertz CT molecular complexity index is 457. The third-order valence-electron chi connectivity index (χ3n) is 3.14. The quantitative estimate of drug-likeness (QED) is 0.740. The van der Waals surface area contributed by atoms with Gasteiger partial charge >= 0.3 is 12.0 Å². The molecule has 0 radical (unpaired) electrons. The first-order valence-electron chi connectivity index (χ1n) is 6.02. The number of carboxylic acids is 1. The molecule has 1 heterocycles. The van der Waals surface area contributed by atoms with E-state index in [1.165, 1.54) is 11.3 Å². The van der Waals surface area contributed by atoms with Gasteiger partial charge in [0.15, 0.2) is 0 Å². The van der Waals surface area contributed by atoms with Gasteiger partial charge in [-0.1, -0.05) is 25.2 Å². The third kappa shape index (κ3) is 3.88. The van der Waals surface area contributed by atoms with E-state index in [1.54, 1.807) is 20.8 Å². The minimum atomic E-state index is -0.922. The number of amides is 2. The molecule has 19 heavy (non-hydrogen) atoms. The van der Waals surface area contributed by atoms with Gasteiger partial charge in [0.25, 0.3) is 0 Å². The van der Waals surface area contributed by atoms with Crippen molar-refractivity contribution in [2.75, 3.05) is 11.9 Å². The highest BCUT2D eigenvalue weighted by atomic mass is 32.1. The molecule has 0 aliphatic heterocycles. The van der Waals surface area contributed by atoms with Gasteiger partial charge in [-0.25, -0.2) is 4.79 Å². The number of carboxylic acid groups (broad SMARTS) is 1. The molecular weight excluding hydrogens is 268 g/mol. The summed E-state index contributed by atoms with van der Waals surface area (Å²) in [4.78, 5) is 22.9. The first kappa shape index (κ1) is 15.4. The molecule has 0 unspecified atom stereocenters. The van der Waals surface area contributed by atoms with Crippen LogP contribution in [-0.4, -0.2) is 33.8 Å². The maximum absolute atomic E-state index is 11.6. The number of hydrogen-bond acceptors (Lipinski definition) is 5. The Hall–Kier alpha value is -1.70. The molecule has 7 nitrogen and oxygen atoms in total. The summed E-state index contributed by atoms with van der Waals surface area (Å²) in [5.74, 6) is -0.899. The van der Waals surface area contributed by atoms with Crippen molar-refractivity contribution in [3.05, 3.63) is 5.01 Å². The van der Waals surface area contributed by atoms with Crippen LogP contribution in [0.4, 0.5) is 9.93 Å². The fraction of sp³-hybridized carbons (Fsp3) is 0.636. The molecule has 0 bridgehead atoms. The predicted octanol–water partition coefficient (Wildman–Crippen LogP) is 1.86. The summed E-state index contributed by atoms with van der Waals surface area (Å²) in [6.45, 7) is 5.46. The van der Waals surface area contributed by atoms with E-state index in [1.807, 2.05) is 0 Å². The molecular formula is C11H18N4O3S. The van der Waals surface area contributed by atoms with Crippen LogP contribution in [0.15, 0.2) is 0 Å². The molecule has 1 aromatic rings. The van der Waals surface area contributed by atoms with Gasteiger partial charge in [-0.15, -0.1) is 10.2 Å². The molecule has 2 amide bonds. The van der Waals surface area contributed by atoms with E-state index in [0.717, 1.165) is 5.01 Å². The van der Waals surface area contributed by atoms with E-state index in [0.29, 0.717) is 18.0 Å². The van der Waals surface area contributed by atoms with Crippen molar-refractivity contribution in [3.8, 4) is 0 Å². The summed E-state index contributed by atoms with van der Waals surface area (Å²) in [5, 5.41) is 23.0. The molecule has 1 rings (SSSR count). The minimum Gasteiger partial charge on any atom is -0.481 e. The maximum atomic E-state index is 11.6. The number of hydrogen-bond donors (Lipinski definition) is 3. The second-order valence-corrected chi connectivity index (χ2v) is 5.41. The van der Waals surface area contributed by atoms with E-state index >= 15 is 0 Å². The number of aromatic nitrogens is 2. The van der Waals surface area contributed by atoms with E-state index < -0.39 is 17.4 Å². The van der Waals surface area contributed by atoms with E-state index in [2.05, 4.69) is 20.8 Å². The minimum absolute atomic E-state index is 0.0823. The molecule has 0 saturated carbocycles. The van der Waals surface area contributed by atoms with Gasteiger partial charge in [-0.05, 0) is 19.8 Å². The maximum Gasteiger partial charge on any atom is 0.321 e. The van der Waals surface area contributed by atoms with Crippen LogP contribution < -0.4 is 10.6 Å². The van der Waals surface area contributed by atoms with Crippen LogP contribution in [-0.2, 0) is 4.79 Å². The van der Waals surface area contributed by atoms with Gasteiger partial charge in [0.05, 0.1) is 5.41 Å². The van der Waals surface area contributed by atoms with Crippen LogP contribution >= 0.6 is 11.3 Å². The van der Waals surface area contributed by atoms with Crippen LogP contribution in [0.5, 0.6) is 0 Å². The average Bonchev–Trinajstić information content (AvgIpc) is 2.76. The highest BCUT2D eigenvalue weighted by Gasteiger charge is 2.35. The number of urea groups is 1. The molecule has 0 aliphatic carbocycles. The Labute approximate surface area is 115 Å². The summed E-state index contributed by atoms with van der Waals surface area (Å²) < 4.78 is 0. The Morgan fingerprint density at radius 3 is 2.37 bits per heavy atom. The number of carbonyl (C=O) groups is 2. The van der Waals surface area contributed by atoms with Crippen LogP contribution in [0, 0.1) is 12.3 Å². The molecule has 0 atom stereocenters. The lowest BCUT2D eigenvalue weighted by atomic mass is 9.82. The molecule has 0 saturated heterocycles. The van der Waals surface area contributed by atoms with Crippen molar-refractivity contribution < 1.29 is 14.7 Å². The molecule has 1 aromatic heterocycles. The Kier molecular flexibility index (Phi) is 5.22. The summed E-state index contributed by atoms with van der Waals surface area (Å²) >= 11 is 1.26. The lowest BCUT2D eigenvalue weighted by Crippen LogP contribution is -2.43.